The van der Waals surface area contributed by atoms with Gasteiger partial charge in [0.05, 0.1) is 0 Å². The van der Waals surface area contributed by atoms with Crippen molar-refractivity contribution in [1.29, 1.82) is 0 Å². The predicted molar refractivity (Wildman–Crippen MR) is 74.9 cm³/mol. The summed E-state index contributed by atoms with van der Waals surface area (Å²) in [6.45, 7) is 1.87. The maximum absolute atomic E-state index is 14.1. The minimum atomic E-state index is -0.0912. The van der Waals surface area contributed by atoms with Crippen LogP contribution >= 0.6 is 0 Å². The maximum atomic E-state index is 14.1. The predicted octanol–water partition coefficient (Wildman–Crippen LogP) is 5.02. The lowest BCUT2D eigenvalue weighted by molar-refractivity contribution is 0.737. The molecule has 2 aromatic rings. The molecule has 18 heavy (non-hydrogen) atoms. The second-order valence-electron chi connectivity index (χ2n) is 4.45. The van der Waals surface area contributed by atoms with Crippen LogP contribution in [0.25, 0.3) is 5.83 Å². The van der Waals surface area contributed by atoms with Gasteiger partial charge in [-0.2, -0.15) is 0 Å². The Kier molecular flexibility index (Phi) is 4.30. The van der Waals surface area contributed by atoms with Gasteiger partial charge >= 0.3 is 0 Å². The van der Waals surface area contributed by atoms with Gasteiger partial charge in [0.25, 0.3) is 0 Å². The molecule has 0 bridgehead atoms. The Morgan fingerprint density at radius 1 is 0.889 bits per heavy atom. The van der Waals surface area contributed by atoms with E-state index in [2.05, 4.69) is 12.1 Å². The molecular formula is C17H17F. The van der Waals surface area contributed by atoms with Gasteiger partial charge in [0, 0.05) is 5.56 Å². The molecule has 0 fully saturated rings. The third-order valence-electron chi connectivity index (χ3n) is 3.03. The maximum Gasteiger partial charge on any atom is 0.129 e. The Morgan fingerprint density at radius 2 is 1.44 bits per heavy atom. The SMILES string of the molecule is C/C(CCc1ccccc1)=C(\F)c1ccccc1. The topological polar surface area (TPSA) is 0 Å². The van der Waals surface area contributed by atoms with Crippen LogP contribution in [0.5, 0.6) is 0 Å². The van der Waals surface area contributed by atoms with Crippen LogP contribution in [0.15, 0.2) is 66.2 Å². The molecule has 0 saturated heterocycles. The molecule has 1 heteroatoms. The van der Waals surface area contributed by atoms with Gasteiger partial charge < -0.3 is 0 Å². The Labute approximate surface area is 108 Å². The molecule has 0 heterocycles. The molecular weight excluding hydrogens is 223 g/mol. The van der Waals surface area contributed by atoms with Crippen LogP contribution < -0.4 is 0 Å². The molecule has 0 unspecified atom stereocenters. The van der Waals surface area contributed by atoms with Gasteiger partial charge in [0.15, 0.2) is 0 Å². The smallest absolute Gasteiger partial charge is 0.129 e. The Bertz CT molecular complexity index is 512. The largest absolute Gasteiger partial charge is 0.206 e. The molecule has 0 aliphatic carbocycles. The molecule has 2 aromatic carbocycles. The summed E-state index contributed by atoms with van der Waals surface area (Å²) in [5.41, 5.74) is 2.73. The quantitative estimate of drug-likeness (QED) is 0.704. The fraction of sp³-hybridized carbons (Fsp3) is 0.176. The standard InChI is InChI=1S/C17H17F/c1-14(12-13-15-8-4-2-5-9-15)17(18)16-10-6-3-7-11-16/h2-11H,12-13H2,1H3/b17-14+. The number of allylic oxidation sites excluding steroid dienone is 1. The Hall–Kier alpha value is -1.89. The van der Waals surface area contributed by atoms with Gasteiger partial charge in [0.2, 0.25) is 0 Å². The monoisotopic (exact) mass is 240 g/mol. The summed E-state index contributed by atoms with van der Waals surface area (Å²) in [6.07, 6.45) is 1.64. The van der Waals surface area contributed by atoms with E-state index in [4.69, 9.17) is 0 Å². The molecule has 0 nitrogen and oxygen atoms in total. The van der Waals surface area contributed by atoms with Crippen LogP contribution in [0.1, 0.15) is 24.5 Å². The average Bonchev–Trinajstić information content (AvgIpc) is 2.46. The number of rotatable bonds is 4. The van der Waals surface area contributed by atoms with Crippen molar-refractivity contribution in [2.45, 2.75) is 19.8 Å². The number of benzene rings is 2. The zero-order valence-electron chi connectivity index (χ0n) is 10.6. The van der Waals surface area contributed by atoms with Crippen LogP contribution in [0.3, 0.4) is 0 Å². The number of halogens is 1. The molecule has 0 atom stereocenters. The second-order valence-corrected chi connectivity index (χ2v) is 4.45. The van der Waals surface area contributed by atoms with E-state index in [-0.39, 0.29) is 5.83 Å². The highest BCUT2D eigenvalue weighted by molar-refractivity contribution is 5.61. The molecule has 0 aliphatic heterocycles. The van der Waals surface area contributed by atoms with Gasteiger partial charge in [-0.3, -0.25) is 0 Å². The van der Waals surface area contributed by atoms with Gasteiger partial charge in [-0.1, -0.05) is 60.7 Å². The first-order valence-corrected chi connectivity index (χ1v) is 6.22. The number of hydrogen-bond acceptors (Lipinski definition) is 0. The van der Waals surface area contributed by atoms with E-state index in [1.165, 1.54) is 5.56 Å². The minimum Gasteiger partial charge on any atom is -0.206 e. The minimum absolute atomic E-state index is 0.0912. The summed E-state index contributed by atoms with van der Waals surface area (Å²) in [5.74, 6) is -0.0912. The van der Waals surface area contributed by atoms with Crippen molar-refractivity contribution >= 4 is 5.83 Å². The van der Waals surface area contributed by atoms with Crippen LogP contribution in [0.4, 0.5) is 4.39 Å². The van der Waals surface area contributed by atoms with E-state index in [9.17, 15) is 4.39 Å². The van der Waals surface area contributed by atoms with Crippen LogP contribution in [0, 0.1) is 0 Å². The number of hydrogen-bond donors (Lipinski definition) is 0. The highest BCUT2D eigenvalue weighted by Gasteiger charge is 2.04. The zero-order chi connectivity index (χ0) is 12.8. The molecule has 0 amide bonds. The van der Waals surface area contributed by atoms with E-state index in [1.807, 2.05) is 43.3 Å². The Morgan fingerprint density at radius 3 is 2.06 bits per heavy atom. The highest BCUT2D eigenvalue weighted by atomic mass is 19.1. The van der Waals surface area contributed by atoms with Crippen molar-refractivity contribution in [3.63, 3.8) is 0 Å². The number of aryl methyl sites for hydroxylation is 1. The van der Waals surface area contributed by atoms with Crippen molar-refractivity contribution < 1.29 is 4.39 Å². The fourth-order valence-electron chi connectivity index (χ4n) is 1.92. The summed E-state index contributed by atoms with van der Waals surface area (Å²) in [5, 5.41) is 0. The average molecular weight is 240 g/mol. The summed E-state index contributed by atoms with van der Waals surface area (Å²) < 4.78 is 14.1. The lowest BCUT2D eigenvalue weighted by atomic mass is 10.0. The molecule has 0 aliphatic rings. The van der Waals surface area contributed by atoms with E-state index >= 15 is 0 Å². The fourth-order valence-corrected chi connectivity index (χ4v) is 1.92. The van der Waals surface area contributed by atoms with Crippen molar-refractivity contribution in [2.75, 3.05) is 0 Å². The summed E-state index contributed by atoms with van der Waals surface area (Å²) in [7, 11) is 0. The summed E-state index contributed by atoms with van der Waals surface area (Å²) >= 11 is 0. The third-order valence-corrected chi connectivity index (χ3v) is 3.03. The highest BCUT2D eigenvalue weighted by Crippen LogP contribution is 2.22. The van der Waals surface area contributed by atoms with Gasteiger partial charge in [-0.25, -0.2) is 4.39 Å². The molecule has 92 valence electrons. The van der Waals surface area contributed by atoms with Crippen LogP contribution in [0.2, 0.25) is 0 Å². The van der Waals surface area contributed by atoms with E-state index in [0.717, 1.165) is 18.4 Å². The lowest BCUT2D eigenvalue weighted by Gasteiger charge is -2.05. The Balaban J connectivity index is 2.05. The van der Waals surface area contributed by atoms with Gasteiger partial charge in [-0.15, -0.1) is 0 Å². The molecule has 0 saturated carbocycles. The second kappa shape index (κ2) is 6.15. The van der Waals surface area contributed by atoms with Crippen molar-refractivity contribution in [1.82, 2.24) is 0 Å². The zero-order valence-corrected chi connectivity index (χ0v) is 10.6. The van der Waals surface area contributed by atoms with E-state index in [0.29, 0.717) is 5.56 Å². The lowest BCUT2D eigenvalue weighted by Crippen LogP contribution is -1.89. The van der Waals surface area contributed by atoms with Gasteiger partial charge in [-0.05, 0) is 30.9 Å². The first-order chi connectivity index (χ1) is 8.77. The van der Waals surface area contributed by atoms with Crippen molar-refractivity contribution in [3.8, 4) is 0 Å². The van der Waals surface area contributed by atoms with Crippen molar-refractivity contribution in [2.24, 2.45) is 0 Å². The van der Waals surface area contributed by atoms with Crippen molar-refractivity contribution in [3.05, 3.63) is 77.4 Å². The van der Waals surface area contributed by atoms with Crippen LogP contribution in [-0.4, -0.2) is 0 Å². The van der Waals surface area contributed by atoms with E-state index in [1.54, 1.807) is 12.1 Å². The molecule has 0 radical (unpaired) electrons. The molecule has 0 N–H and O–H groups in total. The molecule has 2 rings (SSSR count). The first kappa shape index (κ1) is 12.6. The van der Waals surface area contributed by atoms with Crippen LogP contribution in [-0.2, 0) is 6.42 Å². The molecule has 0 spiro atoms. The normalized spacial score (nSPS) is 12.1. The van der Waals surface area contributed by atoms with E-state index < -0.39 is 0 Å². The molecule has 0 aromatic heterocycles. The summed E-state index contributed by atoms with van der Waals surface area (Å²) in [4.78, 5) is 0. The van der Waals surface area contributed by atoms with Gasteiger partial charge in [0.1, 0.15) is 5.83 Å². The first-order valence-electron chi connectivity index (χ1n) is 6.22. The third kappa shape index (κ3) is 3.30. The summed E-state index contributed by atoms with van der Waals surface area (Å²) in [6, 6.07) is 19.4.